The number of halogens is 2. The fourth-order valence-corrected chi connectivity index (χ4v) is 2.12. The van der Waals surface area contributed by atoms with Crippen molar-refractivity contribution in [1.82, 2.24) is 0 Å². The van der Waals surface area contributed by atoms with Crippen molar-refractivity contribution in [3.05, 3.63) is 35.4 Å². The van der Waals surface area contributed by atoms with E-state index in [4.69, 9.17) is 5.73 Å². The Morgan fingerprint density at radius 2 is 2.06 bits per heavy atom. The third-order valence-electron chi connectivity index (χ3n) is 3.53. The molecular weight excluding hydrogens is 208 g/mol. The van der Waals surface area contributed by atoms with Gasteiger partial charge in [-0.15, -0.1) is 0 Å². The maximum atomic E-state index is 13.4. The molecule has 1 aromatic rings. The van der Waals surface area contributed by atoms with Crippen LogP contribution in [0.2, 0.25) is 0 Å². The average Bonchev–Trinajstić information content (AvgIpc) is 3.07. The van der Waals surface area contributed by atoms with E-state index in [1.807, 2.05) is 0 Å². The molecule has 0 radical (unpaired) electrons. The zero-order chi connectivity index (χ0) is 11.7. The van der Waals surface area contributed by atoms with Crippen molar-refractivity contribution >= 4 is 0 Å². The molecule has 2 N–H and O–H groups in total. The molecule has 1 aromatic carbocycles. The molecule has 1 aliphatic carbocycles. The maximum absolute atomic E-state index is 13.4. The molecule has 0 spiro atoms. The summed E-state index contributed by atoms with van der Waals surface area (Å²) >= 11 is 0. The lowest BCUT2D eigenvalue weighted by molar-refractivity contribution is 0.396. The van der Waals surface area contributed by atoms with Crippen LogP contribution >= 0.6 is 0 Å². The SMILES string of the molecule is CC(C(N)Cc1cccc(F)c1F)C1CC1. The van der Waals surface area contributed by atoms with Crippen molar-refractivity contribution in [2.24, 2.45) is 17.6 Å². The summed E-state index contributed by atoms with van der Waals surface area (Å²) in [6, 6.07) is 4.19. The Bertz CT molecular complexity index is 374. The van der Waals surface area contributed by atoms with Gasteiger partial charge in [0.1, 0.15) is 0 Å². The van der Waals surface area contributed by atoms with Gasteiger partial charge in [-0.2, -0.15) is 0 Å². The van der Waals surface area contributed by atoms with Gasteiger partial charge in [-0.3, -0.25) is 0 Å². The number of rotatable bonds is 4. The molecule has 0 heterocycles. The van der Waals surface area contributed by atoms with Crippen LogP contribution in [-0.2, 0) is 6.42 Å². The normalized spacial score (nSPS) is 19.5. The fourth-order valence-electron chi connectivity index (χ4n) is 2.12. The van der Waals surface area contributed by atoms with Gasteiger partial charge in [-0.1, -0.05) is 19.1 Å². The van der Waals surface area contributed by atoms with Crippen molar-refractivity contribution in [3.8, 4) is 0 Å². The van der Waals surface area contributed by atoms with E-state index in [1.54, 1.807) is 6.07 Å². The molecular formula is C13H17F2N. The van der Waals surface area contributed by atoms with Gasteiger partial charge in [-0.05, 0) is 42.7 Å². The van der Waals surface area contributed by atoms with Crippen LogP contribution in [0.3, 0.4) is 0 Å². The van der Waals surface area contributed by atoms with Gasteiger partial charge in [0.15, 0.2) is 11.6 Å². The average molecular weight is 225 g/mol. The predicted molar refractivity (Wildman–Crippen MR) is 59.9 cm³/mol. The van der Waals surface area contributed by atoms with Crippen LogP contribution < -0.4 is 5.73 Å². The van der Waals surface area contributed by atoms with Gasteiger partial charge >= 0.3 is 0 Å². The molecule has 2 atom stereocenters. The second-order valence-corrected chi connectivity index (χ2v) is 4.78. The molecule has 0 aromatic heterocycles. The van der Waals surface area contributed by atoms with Gasteiger partial charge in [0.05, 0.1) is 0 Å². The molecule has 0 saturated heterocycles. The Morgan fingerprint density at radius 3 is 2.69 bits per heavy atom. The molecule has 1 nitrogen and oxygen atoms in total. The van der Waals surface area contributed by atoms with Crippen LogP contribution in [-0.4, -0.2) is 6.04 Å². The zero-order valence-electron chi connectivity index (χ0n) is 9.42. The monoisotopic (exact) mass is 225 g/mol. The summed E-state index contributed by atoms with van der Waals surface area (Å²) in [4.78, 5) is 0. The minimum atomic E-state index is -0.788. The number of benzene rings is 1. The van der Waals surface area contributed by atoms with Gasteiger partial charge in [0.25, 0.3) is 0 Å². The lowest BCUT2D eigenvalue weighted by Gasteiger charge is -2.19. The van der Waals surface area contributed by atoms with E-state index < -0.39 is 11.6 Å². The summed E-state index contributed by atoms with van der Waals surface area (Å²) in [6.07, 6.45) is 2.86. The summed E-state index contributed by atoms with van der Waals surface area (Å²) in [5, 5.41) is 0. The van der Waals surface area contributed by atoms with E-state index in [-0.39, 0.29) is 6.04 Å². The first-order chi connectivity index (χ1) is 7.59. The van der Waals surface area contributed by atoms with E-state index in [0.717, 1.165) is 6.07 Å². The summed E-state index contributed by atoms with van der Waals surface area (Å²) in [5.41, 5.74) is 6.41. The molecule has 2 unspecified atom stereocenters. The van der Waals surface area contributed by atoms with E-state index >= 15 is 0 Å². The zero-order valence-corrected chi connectivity index (χ0v) is 9.42. The van der Waals surface area contributed by atoms with Gasteiger partial charge in [0, 0.05) is 6.04 Å². The van der Waals surface area contributed by atoms with Crippen molar-refractivity contribution in [1.29, 1.82) is 0 Å². The van der Waals surface area contributed by atoms with Crippen LogP contribution in [0.25, 0.3) is 0 Å². The van der Waals surface area contributed by atoms with Gasteiger partial charge < -0.3 is 5.73 Å². The second kappa shape index (κ2) is 4.50. The van der Waals surface area contributed by atoms with E-state index in [2.05, 4.69) is 6.92 Å². The lowest BCUT2D eigenvalue weighted by Crippen LogP contribution is -2.32. The quantitative estimate of drug-likeness (QED) is 0.837. The minimum Gasteiger partial charge on any atom is -0.327 e. The Morgan fingerprint density at radius 1 is 1.38 bits per heavy atom. The van der Waals surface area contributed by atoms with E-state index in [0.29, 0.717) is 23.8 Å². The van der Waals surface area contributed by atoms with E-state index in [9.17, 15) is 8.78 Å². The Labute approximate surface area is 94.7 Å². The molecule has 1 fully saturated rings. The largest absolute Gasteiger partial charge is 0.327 e. The fraction of sp³-hybridized carbons (Fsp3) is 0.538. The molecule has 0 bridgehead atoms. The predicted octanol–water partition coefficient (Wildman–Crippen LogP) is 2.88. The minimum absolute atomic E-state index is 0.0798. The first kappa shape index (κ1) is 11.5. The maximum Gasteiger partial charge on any atom is 0.162 e. The summed E-state index contributed by atoms with van der Waals surface area (Å²) in [7, 11) is 0. The van der Waals surface area contributed by atoms with Crippen molar-refractivity contribution in [2.75, 3.05) is 0 Å². The van der Waals surface area contributed by atoms with Crippen molar-refractivity contribution < 1.29 is 8.78 Å². The highest BCUT2D eigenvalue weighted by molar-refractivity contribution is 5.20. The first-order valence-electron chi connectivity index (χ1n) is 5.78. The van der Waals surface area contributed by atoms with Gasteiger partial charge in [-0.25, -0.2) is 8.78 Å². The molecule has 88 valence electrons. The third kappa shape index (κ3) is 2.40. The summed E-state index contributed by atoms with van der Waals surface area (Å²) in [6.45, 7) is 2.10. The van der Waals surface area contributed by atoms with Crippen LogP contribution in [0.15, 0.2) is 18.2 Å². The molecule has 1 aliphatic rings. The van der Waals surface area contributed by atoms with Crippen LogP contribution in [0.1, 0.15) is 25.3 Å². The highest BCUT2D eigenvalue weighted by Crippen LogP contribution is 2.38. The first-order valence-corrected chi connectivity index (χ1v) is 5.78. The topological polar surface area (TPSA) is 26.0 Å². The van der Waals surface area contributed by atoms with Crippen molar-refractivity contribution in [2.45, 2.75) is 32.2 Å². The standard InChI is InChI=1S/C13H17F2N/c1-8(9-5-6-9)12(16)7-10-3-2-4-11(14)13(10)15/h2-4,8-9,12H,5-7,16H2,1H3. The lowest BCUT2D eigenvalue weighted by atomic mass is 9.92. The Balaban J connectivity index is 2.05. The summed E-state index contributed by atoms with van der Waals surface area (Å²) < 4.78 is 26.4. The third-order valence-corrected chi connectivity index (χ3v) is 3.53. The van der Waals surface area contributed by atoms with Gasteiger partial charge in [0.2, 0.25) is 0 Å². The summed E-state index contributed by atoms with van der Waals surface area (Å²) in [5.74, 6) is -0.459. The van der Waals surface area contributed by atoms with Crippen LogP contribution in [0, 0.1) is 23.5 Å². The van der Waals surface area contributed by atoms with Crippen LogP contribution in [0.5, 0.6) is 0 Å². The number of hydrogen-bond donors (Lipinski definition) is 1. The molecule has 3 heteroatoms. The van der Waals surface area contributed by atoms with Crippen LogP contribution in [0.4, 0.5) is 8.78 Å². The molecule has 0 amide bonds. The molecule has 2 rings (SSSR count). The molecule has 1 saturated carbocycles. The van der Waals surface area contributed by atoms with Crippen molar-refractivity contribution in [3.63, 3.8) is 0 Å². The van der Waals surface area contributed by atoms with E-state index in [1.165, 1.54) is 18.9 Å². The number of nitrogens with two attached hydrogens (primary N) is 1. The molecule has 0 aliphatic heterocycles. The molecule has 16 heavy (non-hydrogen) atoms. The Hall–Kier alpha value is -0.960. The Kier molecular flexibility index (Phi) is 3.24. The highest BCUT2D eigenvalue weighted by atomic mass is 19.2. The number of hydrogen-bond acceptors (Lipinski definition) is 1. The smallest absolute Gasteiger partial charge is 0.162 e. The second-order valence-electron chi connectivity index (χ2n) is 4.78. The highest BCUT2D eigenvalue weighted by Gasteiger charge is 2.31.